The molecule has 2 heteroatoms. The average molecular weight is 260 g/mol. The van der Waals surface area contributed by atoms with Crippen LogP contribution in [0.25, 0.3) is 11.1 Å². The van der Waals surface area contributed by atoms with E-state index < -0.39 is 6.10 Å². The molecule has 1 unspecified atom stereocenters. The number of hydrogen-bond donors (Lipinski definition) is 2. The average Bonchev–Trinajstić information content (AvgIpc) is 2.52. The summed E-state index contributed by atoms with van der Waals surface area (Å²) < 4.78 is 0. The SMILES string of the molecule is CC.CC(O)c1ccc(-c2ccccc2)cc1.CO. The number of rotatable bonds is 2. The predicted octanol–water partition coefficient (Wildman–Crippen LogP) is 4.04. The standard InChI is InChI=1S/C14H14O.C2H6.CH4O/c1-11(15)12-7-9-14(10-8-12)13-5-3-2-4-6-13;2*1-2/h2-11,15H,1H3;1-2H3;2H,1H3. The third-order valence-electron chi connectivity index (χ3n) is 2.50. The molecule has 0 bridgehead atoms. The monoisotopic (exact) mass is 260 g/mol. The maximum absolute atomic E-state index is 9.39. The largest absolute Gasteiger partial charge is 0.400 e. The summed E-state index contributed by atoms with van der Waals surface area (Å²) in [7, 11) is 1.00. The van der Waals surface area contributed by atoms with Gasteiger partial charge >= 0.3 is 0 Å². The summed E-state index contributed by atoms with van der Waals surface area (Å²) >= 11 is 0. The van der Waals surface area contributed by atoms with Gasteiger partial charge in [0.25, 0.3) is 0 Å². The first-order valence-corrected chi connectivity index (χ1v) is 6.55. The first-order valence-electron chi connectivity index (χ1n) is 6.55. The summed E-state index contributed by atoms with van der Waals surface area (Å²) in [6, 6.07) is 18.2. The van der Waals surface area contributed by atoms with Gasteiger partial charge in [0.15, 0.2) is 0 Å². The molecule has 0 heterocycles. The maximum Gasteiger partial charge on any atom is 0.0761 e. The minimum Gasteiger partial charge on any atom is -0.400 e. The third-order valence-corrected chi connectivity index (χ3v) is 2.50. The van der Waals surface area contributed by atoms with E-state index in [9.17, 15) is 5.11 Å². The van der Waals surface area contributed by atoms with Crippen LogP contribution in [0.5, 0.6) is 0 Å². The zero-order valence-electron chi connectivity index (χ0n) is 12.2. The Hall–Kier alpha value is -1.64. The Kier molecular flexibility index (Phi) is 9.41. The molecule has 2 aromatic carbocycles. The highest BCUT2D eigenvalue weighted by Gasteiger charge is 2.00. The molecule has 104 valence electrons. The predicted molar refractivity (Wildman–Crippen MR) is 82.0 cm³/mol. The summed E-state index contributed by atoms with van der Waals surface area (Å²) in [5, 5.41) is 16.4. The van der Waals surface area contributed by atoms with Gasteiger partial charge in [-0.3, -0.25) is 0 Å². The molecule has 0 aliphatic carbocycles. The van der Waals surface area contributed by atoms with E-state index in [4.69, 9.17) is 5.11 Å². The number of aliphatic hydroxyl groups is 2. The molecule has 2 aromatic rings. The molecule has 2 N–H and O–H groups in total. The highest BCUT2D eigenvalue weighted by atomic mass is 16.3. The highest BCUT2D eigenvalue weighted by molar-refractivity contribution is 5.63. The van der Waals surface area contributed by atoms with Gasteiger partial charge in [0.05, 0.1) is 6.10 Å². The highest BCUT2D eigenvalue weighted by Crippen LogP contribution is 2.21. The van der Waals surface area contributed by atoms with Gasteiger partial charge in [-0.15, -0.1) is 0 Å². The van der Waals surface area contributed by atoms with Crippen molar-refractivity contribution in [3.63, 3.8) is 0 Å². The van der Waals surface area contributed by atoms with E-state index >= 15 is 0 Å². The molecule has 0 aromatic heterocycles. The molecule has 0 fully saturated rings. The van der Waals surface area contributed by atoms with Gasteiger partial charge in [-0.1, -0.05) is 68.4 Å². The van der Waals surface area contributed by atoms with E-state index in [0.29, 0.717) is 0 Å². The van der Waals surface area contributed by atoms with Gasteiger partial charge in [-0.05, 0) is 23.6 Å². The summed E-state index contributed by atoms with van der Waals surface area (Å²) in [6.07, 6.45) is -0.394. The second kappa shape index (κ2) is 10.3. The maximum atomic E-state index is 9.39. The number of aliphatic hydroxyl groups excluding tert-OH is 2. The van der Waals surface area contributed by atoms with Crippen LogP contribution in [0, 0.1) is 0 Å². The Morgan fingerprint density at radius 1 is 0.737 bits per heavy atom. The number of benzene rings is 2. The zero-order chi connectivity index (χ0) is 14.7. The van der Waals surface area contributed by atoms with Crippen LogP contribution in [0.1, 0.15) is 32.4 Å². The first kappa shape index (κ1) is 17.4. The van der Waals surface area contributed by atoms with Gasteiger partial charge in [-0.2, -0.15) is 0 Å². The van der Waals surface area contributed by atoms with Crippen molar-refractivity contribution in [1.29, 1.82) is 0 Å². The van der Waals surface area contributed by atoms with Crippen molar-refractivity contribution < 1.29 is 10.2 Å². The van der Waals surface area contributed by atoms with Gasteiger partial charge in [0.2, 0.25) is 0 Å². The molecule has 19 heavy (non-hydrogen) atoms. The van der Waals surface area contributed by atoms with Crippen LogP contribution in [0.2, 0.25) is 0 Å². The molecular formula is C17H24O2. The van der Waals surface area contributed by atoms with Crippen molar-refractivity contribution in [1.82, 2.24) is 0 Å². The summed E-state index contributed by atoms with van der Waals surface area (Å²) in [6.45, 7) is 5.78. The number of hydrogen-bond acceptors (Lipinski definition) is 2. The lowest BCUT2D eigenvalue weighted by atomic mass is 10.0. The van der Waals surface area contributed by atoms with Crippen LogP contribution in [0.4, 0.5) is 0 Å². The van der Waals surface area contributed by atoms with Gasteiger partial charge in [0, 0.05) is 7.11 Å². The zero-order valence-corrected chi connectivity index (χ0v) is 12.2. The lowest BCUT2D eigenvalue weighted by Crippen LogP contribution is -1.89. The first-order chi connectivity index (χ1) is 9.27. The molecule has 0 saturated heterocycles. The Morgan fingerprint density at radius 3 is 1.58 bits per heavy atom. The van der Waals surface area contributed by atoms with E-state index in [0.717, 1.165) is 12.7 Å². The van der Waals surface area contributed by atoms with E-state index in [1.807, 2.05) is 56.3 Å². The molecule has 0 aliphatic heterocycles. The van der Waals surface area contributed by atoms with Crippen LogP contribution >= 0.6 is 0 Å². The molecule has 2 rings (SSSR count). The van der Waals surface area contributed by atoms with Crippen LogP contribution in [0.3, 0.4) is 0 Å². The summed E-state index contributed by atoms with van der Waals surface area (Å²) in [4.78, 5) is 0. The molecule has 1 atom stereocenters. The van der Waals surface area contributed by atoms with Crippen molar-refractivity contribution in [2.75, 3.05) is 7.11 Å². The van der Waals surface area contributed by atoms with Crippen LogP contribution < -0.4 is 0 Å². The molecule has 0 spiro atoms. The summed E-state index contributed by atoms with van der Waals surface area (Å²) in [5.74, 6) is 0. The minimum atomic E-state index is -0.394. The van der Waals surface area contributed by atoms with E-state index in [1.54, 1.807) is 6.92 Å². The molecular weight excluding hydrogens is 236 g/mol. The Morgan fingerprint density at radius 2 is 1.16 bits per heavy atom. The van der Waals surface area contributed by atoms with E-state index in [1.165, 1.54) is 11.1 Å². The fourth-order valence-electron chi connectivity index (χ4n) is 1.58. The quantitative estimate of drug-likeness (QED) is 0.855. The lowest BCUT2D eigenvalue weighted by Gasteiger charge is -2.06. The fourth-order valence-corrected chi connectivity index (χ4v) is 1.58. The van der Waals surface area contributed by atoms with E-state index in [2.05, 4.69) is 12.1 Å². The van der Waals surface area contributed by atoms with Gasteiger partial charge in [0.1, 0.15) is 0 Å². The van der Waals surface area contributed by atoms with Crippen LogP contribution in [-0.4, -0.2) is 17.3 Å². The molecule has 2 nitrogen and oxygen atoms in total. The Balaban J connectivity index is 0.000000741. The second-order valence-corrected chi connectivity index (χ2v) is 3.66. The van der Waals surface area contributed by atoms with Crippen LogP contribution in [0.15, 0.2) is 54.6 Å². The van der Waals surface area contributed by atoms with Crippen molar-refractivity contribution >= 4 is 0 Å². The normalized spacial score (nSPS) is 10.4. The Bertz CT molecular complexity index is 419. The minimum absolute atomic E-state index is 0.394. The van der Waals surface area contributed by atoms with E-state index in [-0.39, 0.29) is 0 Å². The lowest BCUT2D eigenvalue weighted by molar-refractivity contribution is 0.199. The van der Waals surface area contributed by atoms with Crippen molar-refractivity contribution in [2.45, 2.75) is 26.9 Å². The smallest absolute Gasteiger partial charge is 0.0761 e. The van der Waals surface area contributed by atoms with Crippen molar-refractivity contribution in [3.8, 4) is 11.1 Å². The second-order valence-electron chi connectivity index (χ2n) is 3.66. The fraction of sp³-hybridized carbons (Fsp3) is 0.294. The topological polar surface area (TPSA) is 40.5 Å². The Labute approximate surface area is 116 Å². The molecule has 0 radical (unpaired) electrons. The molecule has 0 amide bonds. The van der Waals surface area contributed by atoms with Crippen molar-refractivity contribution in [2.24, 2.45) is 0 Å². The molecule has 0 saturated carbocycles. The van der Waals surface area contributed by atoms with Gasteiger partial charge in [-0.25, -0.2) is 0 Å². The molecule has 0 aliphatic rings. The van der Waals surface area contributed by atoms with Gasteiger partial charge < -0.3 is 10.2 Å². The van der Waals surface area contributed by atoms with Crippen molar-refractivity contribution in [3.05, 3.63) is 60.2 Å². The third kappa shape index (κ3) is 5.69. The summed E-state index contributed by atoms with van der Waals surface area (Å²) in [5.41, 5.74) is 3.34. The van der Waals surface area contributed by atoms with Crippen LogP contribution in [-0.2, 0) is 0 Å².